The van der Waals surface area contributed by atoms with Crippen molar-refractivity contribution >= 4 is 11.9 Å². The molecule has 6 atom stereocenters. The fourth-order valence-corrected chi connectivity index (χ4v) is 3.42. The molecule has 0 amide bonds. The lowest BCUT2D eigenvalue weighted by Gasteiger charge is -2.32. The number of rotatable bonds is 3. The van der Waals surface area contributed by atoms with E-state index in [1.807, 2.05) is 20.8 Å². The fourth-order valence-electron chi connectivity index (χ4n) is 3.42. The molecule has 3 aliphatic rings. The predicted molar refractivity (Wildman–Crippen MR) is 65.2 cm³/mol. The Morgan fingerprint density at radius 3 is 3.00 bits per heavy atom. The van der Waals surface area contributed by atoms with Gasteiger partial charge in [0.1, 0.15) is 17.6 Å². The van der Waals surface area contributed by atoms with Crippen LogP contribution in [-0.4, -0.2) is 36.9 Å². The highest BCUT2D eigenvalue weighted by atomic mass is 16.6. The normalized spacial score (nSPS) is 44.9. The van der Waals surface area contributed by atoms with Gasteiger partial charge in [-0.2, -0.15) is 0 Å². The van der Waals surface area contributed by atoms with Crippen molar-refractivity contribution in [2.75, 3.05) is 6.61 Å². The molecule has 0 radical (unpaired) electrons. The molecule has 0 aromatic heterocycles. The summed E-state index contributed by atoms with van der Waals surface area (Å²) in [7, 11) is 0. The van der Waals surface area contributed by atoms with Crippen LogP contribution >= 0.6 is 0 Å². The van der Waals surface area contributed by atoms with Gasteiger partial charge in [0.2, 0.25) is 0 Å². The predicted octanol–water partition coefficient (Wildman–Crippen LogP) is 1.29. The SMILES string of the molecule is CCC(C)C(=O)OC1CC2OC1C1COC(=O)C21C. The Bertz CT molecular complexity index is 420. The number of esters is 2. The smallest absolute Gasteiger partial charge is 0.314 e. The Balaban J connectivity index is 1.71. The van der Waals surface area contributed by atoms with Crippen LogP contribution in [0.1, 0.15) is 33.6 Å². The zero-order chi connectivity index (χ0) is 13.8. The van der Waals surface area contributed by atoms with E-state index in [0.717, 1.165) is 6.42 Å². The van der Waals surface area contributed by atoms with Gasteiger partial charge >= 0.3 is 11.9 Å². The molecular formula is C14H20O5. The number of hydrogen-bond donors (Lipinski definition) is 0. The second-order valence-corrected chi connectivity index (χ2v) is 6.10. The summed E-state index contributed by atoms with van der Waals surface area (Å²) < 4.78 is 16.6. The largest absolute Gasteiger partial charge is 0.465 e. The van der Waals surface area contributed by atoms with Crippen LogP contribution in [0.25, 0.3) is 0 Å². The van der Waals surface area contributed by atoms with E-state index in [1.54, 1.807) is 0 Å². The fraction of sp³-hybridized carbons (Fsp3) is 0.857. The third-order valence-corrected chi connectivity index (χ3v) is 5.09. The Morgan fingerprint density at radius 1 is 1.58 bits per heavy atom. The van der Waals surface area contributed by atoms with Crippen molar-refractivity contribution in [3.8, 4) is 0 Å². The third kappa shape index (κ3) is 1.64. The van der Waals surface area contributed by atoms with E-state index in [0.29, 0.717) is 13.0 Å². The van der Waals surface area contributed by atoms with E-state index >= 15 is 0 Å². The summed E-state index contributed by atoms with van der Waals surface area (Å²) in [4.78, 5) is 23.7. The van der Waals surface area contributed by atoms with Gasteiger partial charge in [-0.25, -0.2) is 0 Å². The van der Waals surface area contributed by atoms with Crippen molar-refractivity contribution in [2.45, 2.75) is 51.9 Å². The molecular weight excluding hydrogens is 248 g/mol. The topological polar surface area (TPSA) is 61.8 Å². The van der Waals surface area contributed by atoms with Gasteiger partial charge in [0.25, 0.3) is 0 Å². The van der Waals surface area contributed by atoms with Gasteiger partial charge in [0, 0.05) is 12.3 Å². The molecule has 3 fully saturated rings. The second kappa shape index (κ2) is 4.20. The maximum absolute atomic E-state index is 11.9. The van der Waals surface area contributed by atoms with Gasteiger partial charge in [-0.1, -0.05) is 13.8 Å². The average molecular weight is 268 g/mol. The van der Waals surface area contributed by atoms with Crippen molar-refractivity contribution in [2.24, 2.45) is 17.3 Å². The van der Waals surface area contributed by atoms with E-state index in [-0.39, 0.29) is 42.1 Å². The van der Waals surface area contributed by atoms with E-state index in [4.69, 9.17) is 14.2 Å². The maximum atomic E-state index is 11.9. The Labute approximate surface area is 112 Å². The molecule has 0 spiro atoms. The number of cyclic esters (lactones) is 1. The van der Waals surface area contributed by atoms with Crippen molar-refractivity contribution in [1.82, 2.24) is 0 Å². The number of carbonyl (C=O) groups is 2. The zero-order valence-corrected chi connectivity index (χ0v) is 11.5. The van der Waals surface area contributed by atoms with Crippen LogP contribution in [0, 0.1) is 17.3 Å². The molecule has 106 valence electrons. The lowest BCUT2D eigenvalue weighted by molar-refractivity contribution is -0.157. The van der Waals surface area contributed by atoms with Crippen LogP contribution < -0.4 is 0 Å². The summed E-state index contributed by atoms with van der Waals surface area (Å²) in [6.07, 6.45) is 0.791. The minimum atomic E-state index is -0.538. The van der Waals surface area contributed by atoms with Crippen LogP contribution in [0.4, 0.5) is 0 Å². The van der Waals surface area contributed by atoms with Gasteiger partial charge in [-0.15, -0.1) is 0 Å². The first kappa shape index (κ1) is 12.9. The molecule has 0 N–H and O–H groups in total. The highest BCUT2D eigenvalue weighted by Crippen LogP contribution is 2.56. The van der Waals surface area contributed by atoms with E-state index in [1.165, 1.54) is 0 Å². The minimum Gasteiger partial charge on any atom is -0.465 e. The van der Waals surface area contributed by atoms with Crippen molar-refractivity contribution in [3.05, 3.63) is 0 Å². The first-order chi connectivity index (χ1) is 8.98. The van der Waals surface area contributed by atoms with Gasteiger partial charge < -0.3 is 14.2 Å². The summed E-state index contributed by atoms with van der Waals surface area (Å²) in [6.45, 7) is 6.12. The van der Waals surface area contributed by atoms with Crippen LogP contribution in [0.2, 0.25) is 0 Å². The van der Waals surface area contributed by atoms with Gasteiger partial charge in [-0.05, 0) is 13.3 Å². The summed E-state index contributed by atoms with van der Waals surface area (Å²) >= 11 is 0. The highest BCUT2D eigenvalue weighted by Gasteiger charge is 2.69. The molecule has 3 heterocycles. The summed E-state index contributed by atoms with van der Waals surface area (Å²) in [5, 5.41) is 0. The van der Waals surface area contributed by atoms with Crippen LogP contribution in [0.15, 0.2) is 0 Å². The Hall–Kier alpha value is -1.10. The highest BCUT2D eigenvalue weighted by molar-refractivity contribution is 5.80. The van der Waals surface area contributed by atoms with E-state index < -0.39 is 5.41 Å². The molecule has 2 bridgehead atoms. The molecule has 19 heavy (non-hydrogen) atoms. The second-order valence-electron chi connectivity index (χ2n) is 6.10. The first-order valence-corrected chi connectivity index (χ1v) is 7.01. The summed E-state index contributed by atoms with van der Waals surface area (Å²) in [5.74, 6) is -0.409. The Kier molecular flexibility index (Phi) is 2.85. The van der Waals surface area contributed by atoms with Crippen LogP contribution in [-0.2, 0) is 23.8 Å². The van der Waals surface area contributed by atoms with E-state index in [2.05, 4.69) is 0 Å². The van der Waals surface area contributed by atoms with Crippen molar-refractivity contribution in [1.29, 1.82) is 0 Å². The first-order valence-electron chi connectivity index (χ1n) is 7.01. The maximum Gasteiger partial charge on any atom is 0.314 e. The number of hydrogen-bond acceptors (Lipinski definition) is 5. The number of carbonyl (C=O) groups excluding carboxylic acids is 2. The minimum absolute atomic E-state index is 0.0217. The van der Waals surface area contributed by atoms with Crippen molar-refractivity contribution < 1.29 is 23.8 Å². The lowest BCUT2D eigenvalue weighted by atomic mass is 9.68. The molecule has 3 aliphatic heterocycles. The molecule has 3 saturated heterocycles. The van der Waals surface area contributed by atoms with Gasteiger partial charge in [-0.3, -0.25) is 9.59 Å². The number of ether oxygens (including phenoxy) is 3. The van der Waals surface area contributed by atoms with Gasteiger partial charge in [0.05, 0.1) is 18.6 Å². The van der Waals surface area contributed by atoms with Crippen LogP contribution in [0.5, 0.6) is 0 Å². The monoisotopic (exact) mass is 268 g/mol. The molecule has 6 unspecified atom stereocenters. The molecule has 3 rings (SSSR count). The standard InChI is InChI=1S/C14H20O5/c1-4-7(2)12(15)18-9-5-10-14(3)8(11(9)19-10)6-17-13(14)16/h7-11H,4-6H2,1-3H3. The molecule has 5 nitrogen and oxygen atoms in total. The summed E-state index contributed by atoms with van der Waals surface area (Å²) in [6, 6.07) is 0. The Morgan fingerprint density at radius 2 is 2.32 bits per heavy atom. The third-order valence-electron chi connectivity index (χ3n) is 5.09. The summed E-state index contributed by atoms with van der Waals surface area (Å²) in [5.41, 5.74) is -0.538. The molecule has 0 aromatic carbocycles. The molecule has 0 saturated carbocycles. The van der Waals surface area contributed by atoms with Crippen molar-refractivity contribution in [3.63, 3.8) is 0 Å². The molecule has 5 heteroatoms. The van der Waals surface area contributed by atoms with Gasteiger partial charge in [0.15, 0.2) is 0 Å². The quantitative estimate of drug-likeness (QED) is 0.722. The van der Waals surface area contributed by atoms with Crippen LogP contribution in [0.3, 0.4) is 0 Å². The van der Waals surface area contributed by atoms with E-state index in [9.17, 15) is 9.59 Å². The lowest BCUT2D eigenvalue weighted by Crippen LogP contribution is -2.46. The zero-order valence-electron chi connectivity index (χ0n) is 11.5. The average Bonchev–Trinajstić information content (AvgIpc) is 3.00. The molecule has 0 aromatic rings. The molecule has 0 aliphatic carbocycles. The number of fused-ring (bicyclic) bond motifs is 5.